The molecule has 0 unspecified atom stereocenters. The lowest BCUT2D eigenvalue weighted by Crippen LogP contribution is -2.37. The number of rotatable bonds is 8. The number of aryl methyl sites for hydroxylation is 2. The van der Waals surface area contributed by atoms with Crippen molar-refractivity contribution in [1.29, 1.82) is 0 Å². The van der Waals surface area contributed by atoms with Crippen molar-refractivity contribution in [1.82, 2.24) is 20.3 Å². The molecule has 30 heavy (non-hydrogen) atoms. The minimum atomic E-state index is -0.604. The third kappa shape index (κ3) is 3.65. The van der Waals surface area contributed by atoms with Gasteiger partial charge in [-0.2, -0.15) is 5.10 Å². The molecule has 1 amide bonds. The molecule has 8 heteroatoms. The SMILES string of the molecule is COc1ccc(-c2cc(C3(C(=O)NCCn4nc(C)cc4C)CC3)no2)cc1OC. The minimum Gasteiger partial charge on any atom is -0.493 e. The van der Waals surface area contributed by atoms with Crippen LogP contribution in [0, 0.1) is 13.8 Å². The van der Waals surface area contributed by atoms with E-state index in [1.807, 2.05) is 48.9 Å². The van der Waals surface area contributed by atoms with Crippen LogP contribution in [0.25, 0.3) is 11.3 Å². The molecule has 2 aromatic heterocycles. The first-order valence-corrected chi connectivity index (χ1v) is 9.96. The highest BCUT2D eigenvalue weighted by atomic mass is 16.5. The highest BCUT2D eigenvalue weighted by molar-refractivity contribution is 5.91. The van der Waals surface area contributed by atoms with Gasteiger partial charge in [0, 0.05) is 23.9 Å². The van der Waals surface area contributed by atoms with E-state index in [4.69, 9.17) is 14.0 Å². The molecule has 1 aliphatic rings. The van der Waals surface area contributed by atoms with Crippen LogP contribution in [0.5, 0.6) is 11.5 Å². The van der Waals surface area contributed by atoms with Crippen molar-refractivity contribution in [2.45, 2.75) is 38.6 Å². The lowest BCUT2D eigenvalue weighted by molar-refractivity contribution is -0.123. The molecule has 158 valence electrons. The number of nitrogens with one attached hydrogen (secondary N) is 1. The van der Waals surface area contributed by atoms with Crippen LogP contribution in [-0.4, -0.2) is 41.6 Å². The molecular weight excluding hydrogens is 384 g/mol. The van der Waals surface area contributed by atoms with Crippen molar-refractivity contribution in [2.24, 2.45) is 0 Å². The van der Waals surface area contributed by atoms with E-state index < -0.39 is 5.41 Å². The number of ether oxygens (including phenoxy) is 2. The molecule has 1 aromatic carbocycles. The summed E-state index contributed by atoms with van der Waals surface area (Å²) in [6.07, 6.45) is 1.52. The fourth-order valence-corrected chi connectivity index (χ4v) is 3.70. The third-order valence-corrected chi connectivity index (χ3v) is 5.57. The molecule has 0 saturated heterocycles. The van der Waals surface area contributed by atoms with Crippen molar-refractivity contribution in [3.05, 3.63) is 47.4 Å². The molecule has 2 heterocycles. The standard InChI is InChI=1S/C22H26N4O4/c1-14-11-15(2)26(24-14)10-9-23-21(27)22(7-8-22)20-13-18(30-25-20)16-5-6-17(28-3)19(12-16)29-4/h5-6,11-13H,7-10H2,1-4H3,(H,23,27). The molecular formula is C22H26N4O4. The maximum atomic E-state index is 12.9. The van der Waals surface area contributed by atoms with Gasteiger partial charge in [-0.3, -0.25) is 9.48 Å². The van der Waals surface area contributed by atoms with Crippen LogP contribution < -0.4 is 14.8 Å². The summed E-state index contributed by atoms with van der Waals surface area (Å²) >= 11 is 0. The average molecular weight is 410 g/mol. The van der Waals surface area contributed by atoms with E-state index in [0.717, 1.165) is 29.8 Å². The lowest BCUT2D eigenvalue weighted by Gasteiger charge is -2.13. The van der Waals surface area contributed by atoms with Crippen LogP contribution in [0.15, 0.2) is 34.9 Å². The number of amides is 1. The number of carbonyl (C=O) groups is 1. The first-order valence-electron chi connectivity index (χ1n) is 9.96. The first kappa shape index (κ1) is 20.0. The van der Waals surface area contributed by atoms with Crippen LogP contribution in [0.3, 0.4) is 0 Å². The van der Waals surface area contributed by atoms with Crippen LogP contribution in [0.2, 0.25) is 0 Å². The Bertz CT molecular complexity index is 1070. The smallest absolute Gasteiger partial charge is 0.232 e. The Hall–Kier alpha value is -3.29. The average Bonchev–Trinajstić information content (AvgIpc) is 3.29. The second-order valence-electron chi connectivity index (χ2n) is 7.63. The highest BCUT2D eigenvalue weighted by Crippen LogP contribution is 2.48. The molecule has 0 bridgehead atoms. The molecule has 8 nitrogen and oxygen atoms in total. The zero-order chi connectivity index (χ0) is 21.3. The van der Waals surface area contributed by atoms with E-state index >= 15 is 0 Å². The van der Waals surface area contributed by atoms with E-state index in [1.54, 1.807) is 14.2 Å². The maximum Gasteiger partial charge on any atom is 0.232 e. The minimum absolute atomic E-state index is 0.0174. The quantitative estimate of drug-likeness (QED) is 0.614. The van der Waals surface area contributed by atoms with Crippen molar-refractivity contribution in [3.8, 4) is 22.8 Å². The predicted octanol–water partition coefficient (Wildman–Crippen LogP) is 3.02. The van der Waals surface area contributed by atoms with Crippen LogP contribution in [0.1, 0.15) is 29.9 Å². The topological polar surface area (TPSA) is 91.4 Å². The summed E-state index contributed by atoms with van der Waals surface area (Å²) in [5.41, 5.74) is 2.93. The number of benzene rings is 1. The molecule has 0 atom stereocenters. The van der Waals surface area contributed by atoms with Gasteiger partial charge in [0.15, 0.2) is 17.3 Å². The Morgan fingerprint density at radius 2 is 1.93 bits per heavy atom. The Morgan fingerprint density at radius 1 is 1.17 bits per heavy atom. The van der Waals surface area contributed by atoms with Crippen molar-refractivity contribution in [2.75, 3.05) is 20.8 Å². The molecule has 3 aromatic rings. The first-order chi connectivity index (χ1) is 14.5. The summed E-state index contributed by atoms with van der Waals surface area (Å²) in [7, 11) is 3.18. The molecule has 1 N–H and O–H groups in total. The number of methoxy groups -OCH3 is 2. The zero-order valence-electron chi connectivity index (χ0n) is 17.7. The van der Waals surface area contributed by atoms with Gasteiger partial charge in [-0.1, -0.05) is 5.16 Å². The second kappa shape index (κ2) is 7.85. The Kier molecular flexibility index (Phi) is 5.24. The van der Waals surface area contributed by atoms with Gasteiger partial charge in [0.1, 0.15) is 0 Å². The fraction of sp³-hybridized carbons (Fsp3) is 0.409. The second-order valence-corrected chi connectivity index (χ2v) is 7.63. The summed E-state index contributed by atoms with van der Waals surface area (Å²) in [5.74, 6) is 1.82. The number of hydrogen-bond acceptors (Lipinski definition) is 6. The van der Waals surface area contributed by atoms with E-state index in [-0.39, 0.29) is 5.91 Å². The van der Waals surface area contributed by atoms with Gasteiger partial charge in [0.05, 0.1) is 37.6 Å². The summed E-state index contributed by atoms with van der Waals surface area (Å²) in [5, 5.41) is 11.7. The van der Waals surface area contributed by atoms with Crippen molar-refractivity contribution >= 4 is 5.91 Å². The van der Waals surface area contributed by atoms with E-state index in [0.29, 0.717) is 36.0 Å². The van der Waals surface area contributed by atoms with Gasteiger partial charge >= 0.3 is 0 Å². The van der Waals surface area contributed by atoms with Crippen LogP contribution >= 0.6 is 0 Å². The van der Waals surface area contributed by atoms with Gasteiger partial charge in [-0.15, -0.1) is 0 Å². The van der Waals surface area contributed by atoms with Crippen LogP contribution in [0.4, 0.5) is 0 Å². The van der Waals surface area contributed by atoms with Gasteiger partial charge in [0.2, 0.25) is 5.91 Å². The van der Waals surface area contributed by atoms with E-state index in [2.05, 4.69) is 15.6 Å². The summed E-state index contributed by atoms with van der Waals surface area (Å²) in [4.78, 5) is 12.9. The zero-order valence-corrected chi connectivity index (χ0v) is 17.7. The lowest BCUT2D eigenvalue weighted by atomic mass is 10.0. The van der Waals surface area contributed by atoms with E-state index in [9.17, 15) is 4.79 Å². The summed E-state index contributed by atoms with van der Waals surface area (Å²) < 4.78 is 18.1. The fourth-order valence-electron chi connectivity index (χ4n) is 3.70. The number of aromatic nitrogens is 3. The molecule has 0 radical (unpaired) electrons. The number of nitrogens with zero attached hydrogens (tertiary/aromatic N) is 3. The Labute approximate surface area is 175 Å². The summed E-state index contributed by atoms with van der Waals surface area (Å²) in [6.45, 7) is 5.12. The Balaban J connectivity index is 1.44. The van der Waals surface area contributed by atoms with Crippen molar-refractivity contribution < 1.29 is 18.8 Å². The summed E-state index contributed by atoms with van der Waals surface area (Å²) in [6, 6.07) is 9.38. The maximum absolute atomic E-state index is 12.9. The monoisotopic (exact) mass is 410 g/mol. The van der Waals surface area contributed by atoms with Gasteiger partial charge in [0.25, 0.3) is 0 Å². The molecule has 1 saturated carbocycles. The van der Waals surface area contributed by atoms with Gasteiger partial charge in [-0.05, 0) is 51.0 Å². The molecule has 0 aliphatic heterocycles. The molecule has 0 spiro atoms. The normalized spacial score (nSPS) is 14.4. The van der Waals surface area contributed by atoms with Crippen LogP contribution in [-0.2, 0) is 16.8 Å². The van der Waals surface area contributed by atoms with Gasteiger partial charge < -0.3 is 19.3 Å². The predicted molar refractivity (Wildman–Crippen MR) is 111 cm³/mol. The largest absolute Gasteiger partial charge is 0.493 e. The van der Waals surface area contributed by atoms with E-state index in [1.165, 1.54) is 0 Å². The molecule has 1 fully saturated rings. The Morgan fingerprint density at radius 3 is 2.57 bits per heavy atom. The highest BCUT2D eigenvalue weighted by Gasteiger charge is 2.53. The number of carbonyl (C=O) groups excluding carboxylic acids is 1. The molecule has 1 aliphatic carbocycles. The van der Waals surface area contributed by atoms with Crippen molar-refractivity contribution in [3.63, 3.8) is 0 Å². The molecule has 4 rings (SSSR count). The van der Waals surface area contributed by atoms with Gasteiger partial charge in [-0.25, -0.2) is 0 Å². The number of hydrogen-bond donors (Lipinski definition) is 1. The third-order valence-electron chi connectivity index (χ3n) is 5.57.